The maximum absolute atomic E-state index is 14.3. The molecule has 0 aromatic heterocycles. The molecule has 0 bridgehead atoms. The van der Waals surface area contributed by atoms with Gasteiger partial charge in [-0.05, 0) is 50.7 Å². The number of hydrogen-bond acceptors (Lipinski definition) is 7. The molecule has 9 heteroatoms. The van der Waals surface area contributed by atoms with E-state index in [1.54, 1.807) is 45.0 Å². The highest BCUT2D eigenvalue weighted by molar-refractivity contribution is 6.13. The number of rotatable bonds is 12. The van der Waals surface area contributed by atoms with Gasteiger partial charge in [-0.15, -0.1) is 0 Å². The fourth-order valence-corrected chi connectivity index (χ4v) is 5.26. The third-order valence-corrected chi connectivity index (χ3v) is 7.30. The molecule has 1 saturated carbocycles. The monoisotopic (exact) mass is 566 g/mol. The van der Waals surface area contributed by atoms with Crippen LogP contribution >= 0.6 is 0 Å². The highest BCUT2D eigenvalue weighted by atomic mass is 16.6. The minimum atomic E-state index is -2.25. The minimum Gasteiger partial charge on any atom is -0.481 e. The SMILES string of the molecule is CC(C)(C)OC(=O)NC(CCC1CCCCC1)(C(=O)OC(c1ccccc1)c1ccccc1)C(=O)[C@@H](N)CC(=O)O. The Bertz CT molecular complexity index is 1130. The van der Waals surface area contributed by atoms with E-state index in [4.69, 9.17) is 15.2 Å². The second-order valence-electron chi connectivity index (χ2n) is 11.8. The Hall–Kier alpha value is -3.72. The zero-order valence-electron chi connectivity index (χ0n) is 24.1. The molecule has 0 aliphatic heterocycles. The van der Waals surface area contributed by atoms with Crippen molar-refractivity contribution in [2.45, 2.75) is 95.4 Å². The van der Waals surface area contributed by atoms with E-state index in [0.29, 0.717) is 17.5 Å². The van der Waals surface area contributed by atoms with E-state index < -0.39 is 53.5 Å². The Morgan fingerprint density at radius 1 is 0.927 bits per heavy atom. The molecular formula is C32H42N2O7. The standard InChI is InChI=1S/C32H42N2O7/c1-31(2,3)41-30(39)34-32(28(37)25(33)21-26(35)36,20-19-22-13-7-4-8-14-22)29(38)40-27(23-15-9-5-10-16-23)24-17-11-6-12-18-24/h5-6,9-12,15-18,22,25,27H,4,7-8,13-14,19-21,33H2,1-3H3,(H,34,39)(H,35,36)/t25-,32?/m0/s1. The third kappa shape index (κ3) is 9.14. The van der Waals surface area contributed by atoms with Crippen LogP contribution in [-0.2, 0) is 23.9 Å². The van der Waals surface area contributed by atoms with Gasteiger partial charge in [0.15, 0.2) is 11.9 Å². The number of nitrogens with one attached hydrogen (secondary N) is 1. The van der Waals surface area contributed by atoms with Crippen molar-refractivity contribution >= 4 is 23.8 Å². The van der Waals surface area contributed by atoms with Gasteiger partial charge in [0.05, 0.1) is 12.5 Å². The van der Waals surface area contributed by atoms with E-state index in [2.05, 4.69) is 5.32 Å². The van der Waals surface area contributed by atoms with Gasteiger partial charge in [0, 0.05) is 0 Å². The number of aliphatic carboxylic acids is 1. The summed E-state index contributed by atoms with van der Waals surface area (Å²) in [4.78, 5) is 53.0. The summed E-state index contributed by atoms with van der Waals surface area (Å²) < 4.78 is 11.6. The first-order valence-corrected chi connectivity index (χ1v) is 14.2. The number of benzene rings is 2. The largest absolute Gasteiger partial charge is 0.481 e. The number of ether oxygens (including phenoxy) is 2. The summed E-state index contributed by atoms with van der Waals surface area (Å²) in [6.07, 6.45) is 2.80. The van der Waals surface area contributed by atoms with E-state index >= 15 is 0 Å². The molecule has 1 aliphatic carbocycles. The first-order chi connectivity index (χ1) is 19.4. The first-order valence-electron chi connectivity index (χ1n) is 14.2. The molecule has 1 aliphatic rings. The highest BCUT2D eigenvalue weighted by Crippen LogP contribution is 2.34. The van der Waals surface area contributed by atoms with Gasteiger partial charge in [-0.25, -0.2) is 9.59 Å². The van der Waals surface area contributed by atoms with Crippen LogP contribution in [-0.4, -0.2) is 46.1 Å². The van der Waals surface area contributed by atoms with Crippen molar-refractivity contribution in [2.24, 2.45) is 11.7 Å². The lowest BCUT2D eigenvalue weighted by Crippen LogP contribution is -2.65. The lowest BCUT2D eigenvalue weighted by molar-refractivity contribution is -0.161. The van der Waals surface area contributed by atoms with Crippen LogP contribution in [0.2, 0.25) is 0 Å². The van der Waals surface area contributed by atoms with Gasteiger partial charge in [-0.1, -0.05) is 92.8 Å². The van der Waals surface area contributed by atoms with Crippen molar-refractivity contribution < 1.29 is 33.8 Å². The molecule has 2 aromatic rings. The minimum absolute atomic E-state index is 0.0990. The van der Waals surface area contributed by atoms with Gasteiger partial charge in [-0.3, -0.25) is 14.9 Å². The van der Waals surface area contributed by atoms with E-state index in [0.717, 1.165) is 32.1 Å². The van der Waals surface area contributed by atoms with Gasteiger partial charge in [0.2, 0.25) is 5.54 Å². The maximum atomic E-state index is 14.3. The fraction of sp³-hybridized carbons (Fsp3) is 0.500. The number of ketones is 1. The molecule has 1 fully saturated rings. The van der Waals surface area contributed by atoms with E-state index in [1.165, 1.54) is 0 Å². The van der Waals surface area contributed by atoms with E-state index in [9.17, 15) is 24.3 Å². The molecule has 222 valence electrons. The molecule has 41 heavy (non-hydrogen) atoms. The molecule has 0 saturated heterocycles. The van der Waals surface area contributed by atoms with Crippen molar-refractivity contribution in [1.82, 2.24) is 5.32 Å². The lowest BCUT2D eigenvalue weighted by Gasteiger charge is -2.36. The summed E-state index contributed by atoms with van der Waals surface area (Å²) in [5.41, 5.74) is 4.22. The Morgan fingerprint density at radius 3 is 1.95 bits per heavy atom. The van der Waals surface area contributed by atoms with Crippen molar-refractivity contribution in [3.8, 4) is 0 Å². The Morgan fingerprint density at radius 2 is 1.46 bits per heavy atom. The molecule has 2 aromatic carbocycles. The molecule has 1 unspecified atom stereocenters. The average Bonchev–Trinajstić information content (AvgIpc) is 2.93. The molecule has 4 N–H and O–H groups in total. The van der Waals surface area contributed by atoms with Gasteiger partial charge in [0.1, 0.15) is 5.60 Å². The number of esters is 1. The molecule has 2 atom stereocenters. The average molecular weight is 567 g/mol. The smallest absolute Gasteiger partial charge is 0.408 e. The second kappa shape index (κ2) is 14.3. The summed E-state index contributed by atoms with van der Waals surface area (Å²) in [5.74, 6) is -3.00. The summed E-state index contributed by atoms with van der Waals surface area (Å²) >= 11 is 0. The Balaban J connectivity index is 2.07. The quantitative estimate of drug-likeness (QED) is 0.231. The molecule has 1 amide bonds. The number of carboxylic acid groups (broad SMARTS) is 1. The topological polar surface area (TPSA) is 145 Å². The van der Waals surface area contributed by atoms with Crippen LogP contribution in [0.25, 0.3) is 0 Å². The van der Waals surface area contributed by atoms with Crippen molar-refractivity contribution in [3.05, 3.63) is 71.8 Å². The number of alkyl carbamates (subject to hydrolysis) is 1. The summed E-state index contributed by atoms with van der Waals surface area (Å²) in [7, 11) is 0. The number of carbonyl (C=O) groups is 4. The summed E-state index contributed by atoms with van der Waals surface area (Å²) in [6.45, 7) is 4.98. The maximum Gasteiger partial charge on any atom is 0.408 e. The molecule has 3 rings (SSSR count). The zero-order chi connectivity index (χ0) is 30.0. The van der Waals surface area contributed by atoms with Crippen LogP contribution in [0.5, 0.6) is 0 Å². The van der Waals surface area contributed by atoms with Crippen molar-refractivity contribution in [2.75, 3.05) is 0 Å². The summed E-state index contributed by atoms with van der Waals surface area (Å²) in [6, 6.07) is 16.5. The second-order valence-corrected chi connectivity index (χ2v) is 11.8. The Kier molecular flexibility index (Phi) is 11.1. The van der Waals surface area contributed by atoms with Crippen LogP contribution in [0, 0.1) is 5.92 Å². The first kappa shape index (κ1) is 31.8. The van der Waals surface area contributed by atoms with Gasteiger partial charge >= 0.3 is 18.0 Å². The van der Waals surface area contributed by atoms with Crippen molar-refractivity contribution in [1.29, 1.82) is 0 Å². The summed E-state index contributed by atoms with van der Waals surface area (Å²) in [5, 5.41) is 11.9. The van der Waals surface area contributed by atoms with Crippen LogP contribution < -0.4 is 11.1 Å². The van der Waals surface area contributed by atoms with Crippen LogP contribution in [0.1, 0.15) is 89.4 Å². The van der Waals surface area contributed by atoms with Crippen molar-refractivity contribution in [3.63, 3.8) is 0 Å². The van der Waals surface area contributed by atoms with Crippen LogP contribution in [0.15, 0.2) is 60.7 Å². The molecule has 9 nitrogen and oxygen atoms in total. The number of Topliss-reactive ketones (excluding diaryl/α,β-unsaturated/α-hetero) is 1. The normalized spacial score (nSPS) is 16.3. The van der Waals surface area contributed by atoms with Gasteiger partial charge in [-0.2, -0.15) is 0 Å². The van der Waals surface area contributed by atoms with Gasteiger partial charge < -0.3 is 20.3 Å². The Labute approximate surface area is 241 Å². The predicted molar refractivity (Wildman–Crippen MR) is 154 cm³/mol. The van der Waals surface area contributed by atoms with Crippen LogP contribution in [0.3, 0.4) is 0 Å². The lowest BCUT2D eigenvalue weighted by atomic mass is 9.78. The number of nitrogens with two attached hydrogens (primary N) is 1. The molecule has 0 heterocycles. The fourth-order valence-electron chi connectivity index (χ4n) is 5.26. The highest BCUT2D eigenvalue weighted by Gasteiger charge is 2.52. The zero-order valence-corrected chi connectivity index (χ0v) is 24.1. The molecule has 0 spiro atoms. The predicted octanol–water partition coefficient (Wildman–Crippen LogP) is 5.31. The third-order valence-electron chi connectivity index (χ3n) is 7.30. The number of carbonyl (C=O) groups excluding carboxylic acids is 3. The number of hydrogen-bond donors (Lipinski definition) is 3. The number of carboxylic acids is 1. The molecule has 0 radical (unpaired) electrons. The molecular weight excluding hydrogens is 524 g/mol. The van der Waals surface area contributed by atoms with E-state index in [-0.39, 0.29) is 12.3 Å². The van der Waals surface area contributed by atoms with Crippen LogP contribution in [0.4, 0.5) is 4.79 Å². The van der Waals surface area contributed by atoms with Gasteiger partial charge in [0.25, 0.3) is 0 Å². The number of amides is 1. The van der Waals surface area contributed by atoms with E-state index in [1.807, 2.05) is 36.4 Å².